The number of ketones is 1. The minimum atomic E-state index is -0.0276. The lowest BCUT2D eigenvalue weighted by Gasteiger charge is -2.05. The fourth-order valence-electron chi connectivity index (χ4n) is 1.18. The van der Waals surface area contributed by atoms with E-state index in [9.17, 15) is 4.79 Å². The summed E-state index contributed by atoms with van der Waals surface area (Å²) < 4.78 is 5.07. The third-order valence-electron chi connectivity index (χ3n) is 1.83. The zero-order chi connectivity index (χ0) is 9.97. The van der Waals surface area contributed by atoms with Crippen molar-refractivity contribution in [2.75, 3.05) is 11.9 Å². The second kappa shape index (κ2) is 3.49. The van der Waals surface area contributed by atoms with Crippen LogP contribution in [0.2, 0.25) is 0 Å². The van der Waals surface area contributed by atoms with Gasteiger partial charge in [-0.3, -0.25) is 4.79 Å². The summed E-state index contributed by atoms with van der Waals surface area (Å²) in [6.07, 6.45) is 3.14. The van der Waals surface area contributed by atoms with Gasteiger partial charge in [0, 0.05) is 12.3 Å². The van der Waals surface area contributed by atoms with Crippen LogP contribution in [0.25, 0.3) is 0 Å². The van der Waals surface area contributed by atoms with Crippen molar-refractivity contribution in [1.29, 1.82) is 0 Å². The van der Waals surface area contributed by atoms with E-state index in [2.05, 4.69) is 10.3 Å². The third kappa shape index (κ3) is 1.90. The van der Waals surface area contributed by atoms with Crippen LogP contribution in [0.5, 0.6) is 0 Å². The number of carbonyl (C=O) groups excluding carboxylic acids is 1. The van der Waals surface area contributed by atoms with Gasteiger partial charge in [0.25, 0.3) is 0 Å². The van der Waals surface area contributed by atoms with E-state index in [1.807, 2.05) is 19.1 Å². The van der Waals surface area contributed by atoms with Crippen LogP contribution in [-0.4, -0.2) is 17.4 Å². The number of ether oxygens (including phenoxy) is 1. The summed E-state index contributed by atoms with van der Waals surface area (Å²) >= 11 is 0. The number of aryl methyl sites for hydroxylation is 1. The first kappa shape index (κ1) is 8.74. The van der Waals surface area contributed by atoms with Crippen LogP contribution < -0.4 is 5.32 Å². The summed E-state index contributed by atoms with van der Waals surface area (Å²) in [5.74, 6) is 1.12. The molecule has 1 aromatic rings. The van der Waals surface area contributed by atoms with Crippen molar-refractivity contribution in [2.24, 2.45) is 0 Å². The van der Waals surface area contributed by atoms with Crippen molar-refractivity contribution >= 4 is 11.6 Å². The molecule has 0 aromatic carbocycles. The van der Waals surface area contributed by atoms with E-state index < -0.39 is 0 Å². The van der Waals surface area contributed by atoms with Gasteiger partial charge in [0.2, 0.25) is 0 Å². The second-order valence-corrected chi connectivity index (χ2v) is 3.11. The molecular weight excluding hydrogens is 180 g/mol. The highest BCUT2D eigenvalue weighted by molar-refractivity contribution is 5.93. The molecule has 4 nitrogen and oxygen atoms in total. The molecule has 0 amide bonds. The fraction of sp³-hybridized carbons (Fsp3) is 0.200. The first-order valence-corrected chi connectivity index (χ1v) is 4.31. The predicted molar refractivity (Wildman–Crippen MR) is 51.6 cm³/mol. The van der Waals surface area contributed by atoms with E-state index in [0.717, 1.165) is 5.56 Å². The summed E-state index contributed by atoms with van der Waals surface area (Å²) in [6, 6.07) is 3.78. The first-order chi connectivity index (χ1) is 6.74. The predicted octanol–water partition coefficient (Wildman–Crippen LogP) is 1.24. The number of pyridine rings is 1. The van der Waals surface area contributed by atoms with Crippen molar-refractivity contribution in [3.05, 3.63) is 35.9 Å². The summed E-state index contributed by atoms with van der Waals surface area (Å²) in [6.45, 7) is 2.09. The Hall–Kier alpha value is -1.84. The van der Waals surface area contributed by atoms with Crippen LogP contribution in [0, 0.1) is 6.92 Å². The van der Waals surface area contributed by atoms with Gasteiger partial charge in [0.1, 0.15) is 5.82 Å². The van der Waals surface area contributed by atoms with Gasteiger partial charge in [-0.1, -0.05) is 0 Å². The zero-order valence-electron chi connectivity index (χ0n) is 7.78. The molecule has 1 aliphatic rings. The SMILES string of the molecule is Cc1ccnc(NC2=CC(=O)CO2)c1. The van der Waals surface area contributed by atoms with E-state index in [1.54, 1.807) is 6.20 Å². The number of anilines is 1. The smallest absolute Gasteiger partial charge is 0.198 e. The Morgan fingerprint density at radius 2 is 2.43 bits per heavy atom. The van der Waals surface area contributed by atoms with Crippen molar-refractivity contribution in [3.63, 3.8) is 0 Å². The Morgan fingerprint density at radius 1 is 1.57 bits per heavy atom. The van der Waals surface area contributed by atoms with Gasteiger partial charge < -0.3 is 10.1 Å². The van der Waals surface area contributed by atoms with Crippen LogP contribution in [0.3, 0.4) is 0 Å². The average Bonchev–Trinajstić information content (AvgIpc) is 2.51. The molecule has 0 spiro atoms. The Morgan fingerprint density at radius 3 is 3.07 bits per heavy atom. The highest BCUT2D eigenvalue weighted by Gasteiger charge is 2.12. The molecule has 1 N–H and O–H groups in total. The van der Waals surface area contributed by atoms with Crippen molar-refractivity contribution in [3.8, 4) is 0 Å². The molecule has 0 bridgehead atoms. The quantitative estimate of drug-likeness (QED) is 0.762. The number of rotatable bonds is 2. The summed E-state index contributed by atoms with van der Waals surface area (Å²) in [7, 11) is 0. The highest BCUT2D eigenvalue weighted by Crippen LogP contribution is 2.12. The minimum Gasteiger partial charge on any atom is -0.470 e. The maximum atomic E-state index is 10.8. The number of hydrogen-bond donors (Lipinski definition) is 1. The van der Waals surface area contributed by atoms with E-state index in [-0.39, 0.29) is 12.4 Å². The molecule has 0 saturated heterocycles. The number of hydrogen-bond acceptors (Lipinski definition) is 4. The average molecular weight is 190 g/mol. The molecule has 0 unspecified atom stereocenters. The molecule has 14 heavy (non-hydrogen) atoms. The van der Waals surface area contributed by atoms with Crippen LogP contribution in [0.1, 0.15) is 5.56 Å². The third-order valence-corrected chi connectivity index (χ3v) is 1.83. The second-order valence-electron chi connectivity index (χ2n) is 3.11. The van der Waals surface area contributed by atoms with E-state index in [1.165, 1.54) is 6.08 Å². The number of aromatic nitrogens is 1. The van der Waals surface area contributed by atoms with E-state index >= 15 is 0 Å². The van der Waals surface area contributed by atoms with Crippen molar-refractivity contribution in [1.82, 2.24) is 4.98 Å². The Labute approximate surface area is 81.6 Å². The van der Waals surface area contributed by atoms with Gasteiger partial charge in [-0.25, -0.2) is 4.98 Å². The molecule has 0 aliphatic carbocycles. The molecule has 72 valence electrons. The van der Waals surface area contributed by atoms with Gasteiger partial charge in [-0.05, 0) is 24.6 Å². The Kier molecular flexibility index (Phi) is 2.18. The van der Waals surface area contributed by atoms with E-state index in [0.29, 0.717) is 11.7 Å². The van der Waals surface area contributed by atoms with Crippen molar-refractivity contribution in [2.45, 2.75) is 6.92 Å². The molecule has 2 heterocycles. The molecule has 0 fully saturated rings. The zero-order valence-corrected chi connectivity index (χ0v) is 7.78. The fourth-order valence-corrected chi connectivity index (χ4v) is 1.18. The lowest BCUT2D eigenvalue weighted by molar-refractivity contribution is -0.115. The van der Waals surface area contributed by atoms with Crippen LogP contribution in [0.15, 0.2) is 30.3 Å². The molecule has 4 heteroatoms. The van der Waals surface area contributed by atoms with Crippen LogP contribution >= 0.6 is 0 Å². The highest BCUT2D eigenvalue weighted by atomic mass is 16.5. The molecule has 0 radical (unpaired) electrons. The first-order valence-electron chi connectivity index (χ1n) is 4.31. The molecule has 1 aromatic heterocycles. The largest absolute Gasteiger partial charge is 0.470 e. The normalized spacial score (nSPS) is 14.9. The lowest BCUT2D eigenvalue weighted by atomic mass is 10.3. The van der Waals surface area contributed by atoms with Gasteiger partial charge in [-0.2, -0.15) is 0 Å². The molecule has 1 aliphatic heterocycles. The molecule has 2 rings (SSSR count). The summed E-state index contributed by atoms with van der Waals surface area (Å²) in [5, 5.41) is 2.92. The monoisotopic (exact) mass is 190 g/mol. The Balaban J connectivity index is 2.11. The number of nitrogens with zero attached hydrogens (tertiary/aromatic N) is 1. The maximum Gasteiger partial charge on any atom is 0.198 e. The lowest BCUT2D eigenvalue weighted by Crippen LogP contribution is -2.01. The summed E-state index contributed by atoms with van der Waals surface area (Å²) in [5.41, 5.74) is 1.10. The van der Waals surface area contributed by atoms with Gasteiger partial charge in [-0.15, -0.1) is 0 Å². The van der Waals surface area contributed by atoms with Gasteiger partial charge in [0.15, 0.2) is 18.3 Å². The topological polar surface area (TPSA) is 51.2 Å². The van der Waals surface area contributed by atoms with Gasteiger partial charge >= 0.3 is 0 Å². The molecule has 0 atom stereocenters. The maximum absolute atomic E-state index is 10.8. The number of carbonyl (C=O) groups is 1. The van der Waals surface area contributed by atoms with Gasteiger partial charge in [0.05, 0.1) is 0 Å². The standard InChI is InChI=1S/C10H10N2O2/c1-7-2-3-11-9(4-7)12-10-5-8(13)6-14-10/h2-5H,6H2,1H3,(H,11,12). The Bertz CT molecular complexity index is 399. The summed E-state index contributed by atoms with van der Waals surface area (Å²) in [4.78, 5) is 14.9. The number of nitrogens with one attached hydrogen (secondary N) is 1. The minimum absolute atomic E-state index is 0.0276. The molecular formula is C10H10N2O2. The van der Waals surface area contributed by atoms with Crippen LogP contribution in [0.4, 0.5) is 5.82 Å². The van der Waals surface area contributed by atoms with E-state index in [4.69, 9.17) is 4.74 Å². The van der Waals surface area contributed by atoms with Crippen molar-refractivity contribution < 1.29 is 9.53 Å². The molecule has 0 saturated carbocycles. The van der Waals surface area contributed by atoms with Crippen LogP contribution in [-0.2, 0) is 9.53 Å².